The van der Waals surface area contributed by atoms with Crippen molar-refractivity contribution in [3.8, 4) is 0 Å². The molecule has 4 fully saturated rings. The Morgan fingerprint density at radius 1 is 1.09 bits per heavy atom. The molecule has 2 atom stereocenters. The highest BCUT2D eigenvalue weighted by Gasteiger charge is 2.74. The zero-order valence-electron chi connectivity index (χ0n) is 13.1. The summed E-state index contributed by atoms with van der Waals surface area (Å²) in [5.41, 5.74) is -0.103. The summed E-state index contributed by atoms with van der Waals surface area (Å²) in [6.07, 6.45) is 4.05. The minimum atomic E-state index is -1.58. The quantitative estimate of drug-likeness (QED) is 0.787. The molecule has 2 unspecified atom stereocenters. The van der Waals surface area contributed by atoms with Crippen molar-refractivity contribution in [2.75, 3.05) is 5.32 Å². The number of benzene rings is 1. The molecule has 0 aromatic heterocycles. The smallest absolute Gasteiger partial charge is 0.319 e. The number of carbonyl (C=O) groups excluding carboxylic acids is 1. The molecule has 3 nitrogen and oxygen atoms in total. The molecule has 4 aliphatic rings. The highest BCUT2D eigenvalue weighted by molar-refractivity contribution is 5.90. The Bertz CT molecular complexity index is 702. The van der Waals surface area contributed by atoms with E-state index in [4.69, 9.17) is 0 Å². The van der Waals surface area contributed by atoms with Crippen LogP contribution in [-0.4, -0.2) is 11.6 Å². The Kier molecular flexibility index (Phi) is 2.72. The maximum atomic E-state index is 13.7. The third-order valence-electron chi connectivity index (χ3n) is 6.69. The lowest BCUT2D eigenvalue weighted by Crippen LogP contribution is -2.49. The fourth-order valence-electron chi connectivity index (χ4n) is 5.55. The second kappa shape index (κ2) is 4.22. The van der Waals surface area contributed by atoms with Crippen molar-refractivity contribution in [1.29, 1.82) is 0 Å². The molecular weight excluding hydrogens is 305 g/mol. The largest absolute Gasteiger partial charge is 0.332 e. The Hall–Kier alpha value is -1.72. The van der Waals surface area contributed by atoms with Gasteiger partial charge in [0, 0.05) is 5.54 Å². The number of nitrogens with one attached hydrogen (secondary N) is 2. The van der Waals surface area contributed by atoms with Gasteiger partial charge in [-0.15, -0.1) is 0 Å². The van der Waals surface area contributed by atoms with E-state index in [2.05, 4.69) is 24.5 Å². The molecule has 2 amide bonds. The zero-order chi connectivity index (χ0) is 16.6. The molecule has 1 aromatic rings. The molecule has 6 heteroatoms. The molecule has 0 spiro atoms. The van der Waals surface area contributed by atoms with Gasteiger partial charge >= 0.3 is 6.03 Å². The first-order chi connectivity index (χ1) is 10.7. The predicted molar refractivity (Wildman–Crippen MR) is 79.4 cm³/mol. The number of hydrogen-bond acceptors (Lipinski definition) is 1. The van der Waals surface area contributed by atoms with Crippen LogP contribution < -0.4 is 10.6 Å². The van der Waals surface area contributed by atoms with Crippen LogP contribution in [0.15, 0.2) is 12.1 Å². The Morgan fingerprint density at radius 2 is 1.70 bits per heavy atom. The topological polar surface area (TPSA) is 41.1 Å². The summed E-state index contributed by atoms with van der Waals surface area (Å²) in [5, 5.41) is 5.32. The molecule has 0 saturated heterocycles. The predicted octanol–water partition coefficient (Wildman–Crippen LogP) is 4.19. The molecule has 0 radical (unpaired) electrons. The highest BCUT2D eigenvalue weighted by atomic mass is 19.2. The van der Waals surface area contributed by atoms with E-state index in [1.54, 1.807) is 0 Å². The first-order valence-corrected chi connectivity index (χ1v) is 7.91. The second-order valence-electron chi connectivity index (χ2n) is 8.04. The molecule has 4 aliphatic carbocycles. The van der Waals surface area contributed by atoms with Crippen LogP contribution in [0.2, 0.25) is 0 Å². The van der Waals surface area contributed by atoms with Crippen molar-refractivity contribution in [2.24, 2.45) is 16.7 Å². The van der Waals surface area contributed by atoms with Gasteiger partial charge in [0.1, 0.15) is 0 Å². The molecule has 2 N–H and O–H groups in total. The fraction of sp³-hybridized carbons (Fsp3) is 0.588. The molecule has 5 rings (SSSR count). The van der Waals surface area contributed by atoms with Crippen LogP contribution in [0.5, 0.6) is 0 Å². The van der Waals surface area contributed by atoms with Crippen LogP contribution in [0.1, 0.15) is 39.5 Å². The number of rotatable bonds is 2. The molecule has 0 heterocycles. The lowest BCUT2D eigenvalue weighted by molar-refractivity contribution is 0.157. The van der Waals surface area contributed by atoms with Crippen LogP contribution in [0.4, 0.5) is 23.7 Å². The van der Waals surface area contributed by atoms with E-state index in [1.807, 2.05) is 0 Å². The van der Waals surface area contributed by atoms with Gasteiger partial charge in [-0.05, 0) is 54.6 Å². The number of halogens is 3. The van der Waals surface area contributed by atoms with Crippen LogP contribution in [0.3, 0.4) is 0 Å². The van der Waals surface area contributed by atoms with Crippen molar-refractivity contribution < 1.29 is 18.0 Å². The van der Waals surface area contributed by atoms with Gasteiger partial charge < -0.3 is 10.6 Å². The van der Waals surface area contributed by atoms with Crippen LogP contribution in [0, 0.1) is 34.2 Å². The van der Waals surface area contributed by atoms with Crippen LogP contribution >= 0.6 is 0 Å². The van der Waals surface area contributed by atoms with E-state index in [1.165, 1.54) is 0 Å². The van der Waals surface area contributed by atoms with Gasteiger partial charge in [0.05, 0.1) is 5.69 Å². The third-order valence-corrected chi connectivity index (χ3v) is 6.69. The van der Waals surface area contributed by atoms with Crippen molar-refractivity contribution in [3.05, 3.63) is 29.6 Å². The molecular formula is C17H19F3N2O. The maximum absolute atomic E-state index is 13.7. The summed E-state index contributed by atoms with van der Waals surface area (Å²) in [6.45, 7) is 4.55. The van der Waals surface area contributed by atoms with E-state index in [0.717, 1.165) is 37.8 Å². The summed E-state index contributed by atoms with van der Waals surface area (Å²) >= 11 is 0. The molecule has 4 bridgehead atoms. The van der Waals surface area contributed by atoms with Crippen molar-refractivity contribution >= 4 is 11.7 Å². The average molecular weight is 324 g/mol. The molecule has 124 valence electrons. The summed E-state index contributed by atoms with van der Waals surface area (Å²) in [5.74, 6) is -3.79. The van der Waals surface area contributed by atoms with E-state index in [9.17, 15) is 18.0 Å². The number of carbonyl (C=O) groups is 1. The Morgan fingerprint density at radius 3 is 2.22 bits per heavy atom. The fourth-order valence-corrected chi connectivity index (χ4v) is 5.55. The lowest BCUT2D eigenvalue weighted by atomic mass is 9.71. The van der Waals surface area contributed by atoms with Gasteiger partial charge in [-0.1, -0.05) is 13.8 Å². The van der Waals surface area contributed by atoms with Crippen molar-refractivity contribution in [2.45, 2.75) is 45.1 Å². The van der Waals surface area contributed by atoms with Gasteiger partial charge in [0.25, 0.3) is 0 Å². The number of anilines is 1. The number of urea groups is 1. The van der Waals surface area contributed by atoms with E-state index < -0.39 is 23.5 Å². The van der Waals surface area contributed by atoms with Crippen molar-refractivity contribution in [1.82, 2.24) is 5.32 Å². The summed E-state index contributed by atoms with van der Waals surface area (Å²) in [6, 6.07) is 1.27. The van der Waals surface area contributed by atoms with Gasteiger partial charge in [0.15, 0.2) is 17.5 Å². The van der Waals surface area contributed by atoms with Gasteiger partial charge in [-0.25, -0.2) is 18.0 Å². The van der Waals surface area contributed by atoms with Gasteiger partial charge in [0.2, 0.25) is 0 Å². The van der Waals surface area contributed by atoms with E-state index in [0.29, 0.717) is 5.92 Å². The zero-order valence-corrected chi connectivity index (χ0v) is 13.1. The van der Waals surface area contributed by atoms with E-state index in [-0.39, 0.29) is 22.1 Å². The molecule has 4 saturated carbocycles. The van der Waals surface area contributed by atoms with Crippen LogP contribution in [-0.2, 0) is 0 Å². The van der Waals surface area contributed by atoms with Gasteiger partial charge in [-0.3, -0.25) is 0 Å². The molecule has 0 aliphatic heterocycles. The van der Waals surface area contributed by atoms with Crippen LogP contribution in [0.25, 0.3) is 0 Å². The first kappa shape index (κ1) is 14.8. The number of hydrogen-bond donors (Lipinski definition) is 2. The standard InChI is InChI=1S/C17H19F3N2O/c1-15-5-9-6-16(15,2)8-17(9,7-15)22-14(23)21-11-4-3-10(18)12(19)13(11)20/h3-4,9H,5-8H2,1-2H3,(H2,21,22,23). The maximum Gasteiger partial charge on any atom is 0.319 e. The summed E-state index contributed by atoms with van der Waals surface area (Å²) in [4.78, 5) is 12.3. The SMILES string of the molecule is CC12CC3CC1(C)CC3(NC(=O)Nc1ccc(F)c(F)c1F)C2. The molecule has 23 heavy (non-hydrogen) atoms. The minimum Gasteiger partial charge on any atom is -0.332 e. The Labute approximate surface area is 132 Å². The Balaban J connectivity index is 1.52. The lowest BCUT2D eigenvalue weighted by Gasteiger charge is -2.33. The number of amides is 2. The normalized spacial score (nSPS) is 40.0. The third kappa shape index (κ3) is 1.80. The summed E-state index contributed by atoms with van der Waals surface area (Å²) in [7, 11) is 0. The van der Waals surface area contributed by atoms with Crippen molar-refractivity contribution in [3.63, 3.8) is 0 Å². The highest BCUT2D eigenvalue weighted by Crippen LogP contribution is 2.77. The monoisotopic (exact) mass is 324 g/mol. The average Bonchev–Trinajstić information content (AvgIpc) is 3.02. The second-order valence-corrected chi connectivity index (χ2v) is 8.04. The van der Waals surface area contributed by atoms with Gasteiger partial charge in [-0.2, -0.15) is 0 Å². The van der Waals surface area contributed by atoms with E-state index >= 15 is 0 Å². The summed E-state index contributed by atoms with van der Waals surface area (Å²) < 4.78 is 39.9. The minimum absolute atomic E-state index is 0.247. The molecule has 1 aromatic carbocycles. The first-order valence-electron chi connectivity index (χ1n) is 7.91.